The number of hydrogen-bond donors (Lipinski definition) is 0. The van der Waals surface area contributed by atoms with Gasteiger partial charge >= 0.3 is 0 Å². The molecule has 0 unspecified atom stereocenters. The van der Waals surface area contributed by atoms with Crippen LogP contribution in [0.2, 0.25) is 19.1 Å². The van der Waals surface area contributed by atoms with Crippen molar-refractivity contribution < 1.29 is 4.43 Å². The molecule has 0 spiro atoms. The van der Waals surface area contributed by atoms with E-state index in [4.69, 9.17) is 4.43 Å². The van der Waals surface area contributed by atoms with Gasteiger partial charge in [-0.15, -0.1) is 0 Å². The second-order valence-corrected chi connectivity index (χ2v) is 8.31. The molecule has 0 amide bonds. The van der Waals surface area contributed by atoms with Gasteiger partial charge in [0.2, 0.25) is 0 Å². The average Bonchev–Trinajstić information content (AvgIpc) is 1.98. The van der Waals surface area contributed by atoms with Gasteiger partial charge < -0.3 is 4.43 Å². The Morgan fingerprint density at radius 1 is 1.00 bits per heavy atom. The van der Waals surface area contributed by atoms with Crippen molar-refractivity contribution in [1.29, 1.82) is 0 Å². The van der Waals surface area contributed by atoms with Crippen LogP contribution in [0.4, 0.5) is 0 Å². The summed E-state index contributed by atoms with van der Waals surface area (Å²) in [5.41, 5.74) is 0. The van der Waals surface area contributed by atoms with Crippen molar-refractivity contribution in [3.8, 4) is 0 Å². The SMILES string of the molecule is CCCCCC[Si](C)(C)OCC. The highest BCUT2D eigenvalue weighted by molar-refractivity contribution is 6.71. The summed E-state index contributed by atoms with van der Waals surface area (Å²) >= 11 is 0. The van der Waals surface area contributed by atoms with Gasteiger partial charge in [-0.05, 0) is 26.1 Å². The first-order valence-electron chi connectivity index (χ1n) is 5.26. The average molecular weight is 188 g/mol. The van der Waals surface area contributed by atoms with Gasteiger partial charge in [0, 0.05) is 6.61 Å². The minimum Gasteiger partial charge on any atom is -0.418 e. The van der Waals surface area contributed by atoms with Gasteiger partial charge in [-0.3, -0.25) is 0 Å². The van der Waals surface area contributed by atoms with E-state index in [1.165, 1.54) is 31.7 Å². The molecule has 74 valence electrons. The molecule has 0 saturated carbocycles. The Morgan fingerprint density at radius 3 is 2.17 bits per heavy atom. The summed E-state index contributed by atoms with van der Waals surface area (Å²) < 4.78 is 5.75. The molecule has 12 heavy (non-hydrogen) atoms. The van der Waals surface area contributed by atoms with Crippen molar-refractivity contribution in [2.75, 3.05) is 6.61 Å². The third kappa shape index (κ3) is 6.86. The van der Waals surface area contributed by atoms with E-state index in [2.05, 4.69) is 26.9 Å². The lowest BCUT2D eigenvalue weighted by Gasteiger charge is -2.21. The Bertz CT molecular complexity index is 102. The third-order valence-electron chi connectivity index (χ3n) is 2.17. The van der Waals surface area contributed by atoms with Gasteiger partial charge in [0.1, 0.15) is 0 Å². The van der Waals surface area contributed by atoms with E-state index in [9.17, 15) is 0 Å². The summed E-state index contributed by atoms with van der Waals surface area (Å²) in [6.07, 6.45) is 5.47. The van der Waals surface area contributed by atoms with E-state index in [-0.39, 0.29) is 0 Å². The first kappa shape index (κ1) is 12.2. The topological polar surface area (TPSA) is 9.23 Å². The molecule has 0 aliphatic carbocycles. The van der Waals surface area contributed by atoms with Crippen molar-refractivity contribution in [3.63, 3.8) is 0 Å². The van der Waals surface area contributed by atoms with Gasteiger partial charge in [-0.25, -0.2) is 0 Å². The fourth-order valence-corrected chi connectivity index (χ4v) is 3.47. The minimum atomic E-state index is -1.25. The second-order valence-electron chi connectivity index (χ2n) is 4.00. The number of hydrogen-bond acceptors (Lipinski definition) is 1. The molecule has 1 nitrogen and oxygen atoms in total. The lowest BCUT2D eigenvalue weighted by molar-refractivity contribution is 0.327. The van der Waals surface area contributed by atoms with Gasteiger partial charge in [0.05, 0.1) is 0 Å². The minimum absolute atomic E-state index is 0.896. The maximum atomic E-state index is 5.75. The molecule has 2 heteroatoms. The molecule has 0 aromatic rings. The van der Waals surface area contributed by atoms with Gasteiger partial charge in [0.15, 0.2) is 8.32 Å². The van der Waals surface area contributed by atoms with Gasteiger partial charge in [0.25, 0.3) is 0 Å². The molecular weight excluding hydrogens is 164 g/mol. The first-order valence-corrected chi connectivity index (χ1v) is 8.38. The normalized spacial score (nSPS) is 12.0. The fourth-order valence-electron chi connectivity index (χ4n) is 1.44. The molecule has 0 radical (unpaired) electrons. The highest BCUT2D eigenvalue weighted by Gasteiger charge is 2.20. The maximum absolute atomic E-state index is 5.75. The Balaban J connectivity index is 3.33. The fraction of sp³-hybridized carbons (Fsp3) is 1.00. The Morgan fingerprint density at radius 2 is 1.67 bits per heavy atom. The van der Waals surface area contributed by atoms with Crippen LogP contribution in [0.25, 0.3) is 0 Å². The molecule has 0 saturated heterocycles. The summed E-state index contributed by atoms with van der Waals surface area (Å²) in [7, 11) is -1.25. The lowest BCUT2D eigenvalue weighted by Crippen LogP contribution is -2.29. The quantitative estimate of drug-likeness (QED) is 0.436. The largest absolute Gasteiger partial charge is 0.418 e. The molecule has 0 atom stereocenters. The Labute approximate surface area is 78.6 Å². The molecule has 0 fully saturated rings. The van der Waals surface area contributed by atoms with E-state index in [1.54, 1.807) is 0 Å². The van der Waals surface area contributed by atoms with Crippen molar-refractivity contribution in [2.24, 2.45) is 0 Å². The third-order valence-corrected chi connectivity index (χ3v) is 4.80. The zero-order valence-electron chi connectivity index (χ0n) is 9.15. The lowest BCUT2D eigenvalue weighted by atomic mass is 10.2. The molecule has 0 N–H and O–H groups in total. The van der Waals surface area contributed by atoms with Crippen LogP contribution >= 0.6 is 0 Å². The van der Waals surface area contributed by atoms with E-state index in [0.717, 1.165) is 6.61 Å². The number of unbranched alkanes of at least 4 members (excludes halogenated alkanes) is 3. The summed E-state index contributed by atoms with van der Waals surface area (Å²) in [6.45, 7) is 9.89. The van der Waals surface area contributed by atoms with Gasteiger partial charge in [-0.2, -0.15) is 0 Å². The Hall–Kier alpha value is 0.177. The van der Waals surface area contributed by atoms with Crippen molar-refractivity contribution in [2.45, 2.75) is 58.7 Å². The van der Waals surface area contributed by atoms with E-state index in [0.29, 0.717) is 0 Å². The molecule has 0 aliphatic heterocycles. The highest BCUT2D eigenvalue weighted by Crippen LogP contribution is 2.16. The second kappa shape index (κ2) is 6.67. The van der Waals surface area contributed by atoms with E-state index < -0.39 is 8.32 Å². The van der Waals surface area contributed by atoms with Crippen LogP contribution in [-0.4, -0.2) is 14.9 Å². The molecule has 0 bridgehead atoms. The smallest absolute Gasteiger partial charge is 0.186 e. The van der Waals surface area contributed by atoms with Crippen LogP contribution in [0.5, 0.6) is 0 Å². The number of rotatable bonds is 7. The standard InChI is InChI=1S/C10H24OSi/c1-5-7-8-9-10-12(3,4)11-6-2/h5-10H2,1-4H3. The van der Waals surface area contributed by atoms with Crippen LogP contribution in [0.1, 0.15) is 39.5 Å². The van der Waals surface area contributed by atoms with Crippen molar-refractivity contribution in [1.82, 2.24) is 0 Å². The van der Waals surface area contributed by atoms with Crippen LogP contribution in [0.3, 0.4) is 0 Å². The molecule has 0 aromatic heterocycles. The molecular formula is C10H24OSi. The summed E-state index contributed by atoms with van der Waals surface area (Å²) in [5, 5.41) is 0. The molecule has 0 heterocycles. The summed E-state index contributed by atoms with van der Waals surface area (Å²) in [6, 6.07) is 1.33. The van der Waals surface area contributed by atoms with Crippen LogP contribution in [0.15, 0.2) is 0 Å². The molecule has 0 aliphatic rings. The summed E-state index contributed by atoms with van der Waals surface area (Å²) in [5.74, 6) is 0. The van der Waals surface area contributed by atoms with Crippen LogP contribution < -0.4 is 0 Å². The Kier molecular flexibility index (Phi) is 6.77. The predicted molar refractivity (Wildman–Crippen MR) is 58.1 cm³/mol. The summed E-state index contributed by atoms with van der Waals surface area (Å²) in [4.78, 5) is 0. The zero-order chi connectivity index (χ0) is 9.45. The van der Waals surface area contributed by atoms with Crippen molar-refractivity contribution in [3.05, 3.63) is 0 Å². The van der Waals surface area contributed by atoms with Gasteiger partial charge in [-0.1, -0.05) is 32.6 Å². The molecule has 0 aromatic carbocycles. The highest BCUT2D eigenvalue weighted by atomic mass is 28.4. The van der Waals surface area contributed by atoms with Crippen molar-refractivity contribution >= 4 is 8.32 Å². The molecule has 0 rings (SSSR count). The maximum Gasteiger partial charge on any atom is 0.186 e. The van der Waals surface area contributed by atoms with E-state index in [1.807, 2.05) is 0 Å². The van der Waals surface area contributed by atoms with E-state index >= 15 is 0 Å². The zero-order valence-corrected chi connectivity index (χ0v) is 10.2. The first-order chi connectivity index (χ1) is 5.62. The van der Waals surface area contributed by atoms with Crippen LogP contribution in [-0.2, 0) is 4.43 Å². The predicted octanol–water partition coefficient (Wildman–Crippen LogP) is 3.81. The van der Waals surface area contributed by atoms with Crippen LogP contribution in [0, 0.1) is 0 Å². The monoisotopic (exact) mass is 188 g/mol.